The van der Waals surface area contributed by atoms with Gasteiger partial charge in [0.15, 0.2) is 5.60 Å². The van der Waals surface area contributed by atoms with Crippen LogP contribution in [0, 0.1) is 0 Å². The molecule has 1 N–H and O–H groups in total. The van der Waals surface area contributed by atoms with E-state index in [9.17, 15) is 9.59 Å². The lowest BCUT2D eigenvalue weighted by molar-refractivity contribution is -0.140. The lowest BCUT2D eigenvalue weighted by atomic mass is 9.89. The second-order valence-corrected chi connectivity index (χ2v) is 7.18. The summed E-state index contributed by atoms with van der Waals surface area (Å²) in [7, 11) is 0. The molecule has 6 nitrogen and oxygen atoms in total. The van der Waals surface area contributed by atoms with E-state index in [-0.39, 0.29) is 11.9 Å². The van der Waals surface area contributed by atoms with Gasteiger partial charge < -0.3 is 14.8 Å². The van der Waals surface area contributed by atoms with Gasteiger partial charge in [0, 0.05) is 31.6 Å². The average Bonchev–Trinajstić information content (AvgIpc) is 2.59. The molecule has 25 heavy (non-hydrogen) atoms. The van der Waals surface area contributed by atoms with E-state index in [0.29, 0.717) is 31.2 Å². The predicted octanol–water partition coefficient (Wildman–Crippen LogP) is 1.38. The van der Waals surface area contributed by atoms with E-state index in [2.05, 4.69) is 24.1 Å². The van der Waals surface area contributed by atoms with Gasteiger partial charge in [-0.2, -0.15) is 0 Å². The molecule has 0 aromatic heterocycles. The highest BCUT2D eigenvalue weighted by Gasteiger charge is 2.42. The summed E-state index contributed by atoms with van der Waals surface area (Å²) in [6.45, 7) is 8.69. The van der Waals surface area contributed by atoms with Gasteiger partial charge in [0.25, 0.3) is 5.91 Å². The smallest absolute Gasteiger partial charge is 0.339 e. The summed E-state index contributed by atoms with van der Waals surface area (Å²) in [5.41, 5.74) is 0.233. The summed E-state index contributed by atoms with van der Waals surface area (Å²) >= 11 is 0. The number of fused-ring (bicyclic) bond motifs is 1. The first-order valence-electron chi connectivity index (χ1n) is 8.84. The zero-order valence-corrected chi connectivity index (χ0v) is 15.1. The summed E-state index contributed by atoms with van der Waals surface area (Å²) in [6, 6.07) is 7.80. The summed E-state index contributed by atoms with van der Waals surface area (Å²) in [5.74, 6) is -0.683. The number of benzene rings is 1. The van der Waals surface area contributed by atoms with Crippen molar-refractivity contribution in [2.45, 2.75) is 44.9 Å². The Kier molecular flexibility index (Phi) is 5.11. The van der Waals surface area contributed by atoms with Crippen LogP contribution in [0.25, 0.3) is 0 Å². The average molecular weight is 346 g/mol. The van der Waals surface area contributed by atoms with Crippen molar-refractivity contribution in [3.8, 4) is 0 Å². The minimum atomic E-state index is -1.16. The first-order valence-corrected chi connectivity index (χ1v) is 8.84. The monoisotopic (exact) mass is 346 g/mol. The van der Waals surface area contributed by atoms with Gasteiger partial charge in [0.2, 0.25) is 0 Å². The molecule has 3 atom stereocenters. The van der Waals surface area contributed by atoms with E-state index in [4.69, 9.17) is 9.47 Å². The standard InChI is InChI=1S/C19H26N2O4/c1-13(21-8-9-24-12-14(21)2)11-20-18(23)19(3)10-15-6-4-5-7-16(15)17(22)25-19/h4-7,13-14H,8-12H2,1-3H3,(H,20,23)/t13-,14+,19+/m1/s1. The van der Waals surface area contributed by atoms with Crippen molar-refractivity contribution in [1.82, 2.24) is 10.2 Å². The molecule has 0 aliphatic carbocycles. The quantitative estimate of drug-likeness (QED) is 0.835. The molecule has 0 saturated carbocycles. The van der Waals surface area contributed by atoms with Gasteiger partial charge >= 0.3 is 5.97 Å². The number of hydrogen-bond acceptors (Lipinski definition) is 5. The van der Waals surface area contributed by atoms with Gasteiger partial charge in [-0.25, -0.2) is 4.79 Å². The van der Waals surface area contributed by atoms with Gasteiger partial charge in [-0.3, -0.25) is 9.69 Å². The Balaban J connectivity index is 1.62. The van der Waals surface area contributed by atoms with E-state index < -0.39 is 11.6 Å². The highest BCUT2D eigenvalue weighted by molar-refractivity contribution is 5.97. The molecule has 1 aromatic rings. The predicted molar refractivity (Wildman–Crippen MR) is 93.4 cm³/mol. The van der Waals surface area contributed by atoms with Crippen LogP contribution in [-0.4, -0.2) is 60.8 Å². The van der Waals surface area contributed by atoms with Crippen molar-refractivity contribution in [3.05, 3.63) is 35.4 Å². The van der Waals surface area contributed by atoms with Crippen LogP contribution in [0.1, 0.15) is 36.7 Å². The lowest BCUT2D eigenvalue weighted by Crippen LogP contribution is -2.56. The van der Waals surface area contributed by atoms with Crippen LogP contribution in [0.2, 0.25) is 0 Å². The molecule has 2 aliphatic heterocycles. The third-order valence-electron chi connectivity index (χ3n) is 5.11. The zero-order chi connectivity index (χ0) is 18.0. The number of carbonyl (C=O) groups excluding carboxylic acids is 2. The third-order valence-corrected chi connectivity index (χ3v) is 5.11. The van der Waals surface area contributed by atoms with Crippen molar-refractivity contribution in [3.63, 3.8) is 0 Å². The lowest BCUT2D eigenvalue weighted by Gasteiger charge is -2.38. The number of esters is 1. The fourth-order valence-corrected chi connectivity index (χ4v) is 3.60. The maximum Gasteiger partial charge on any atom is 0.339 e. The molecule has 1 saturated heterocycles. The van der Waals surface area contributed by atoms with Gasteiger partial charge in [0.05, 0.1) is 18.8 Å². The van der Waals surface area contributed by atoms with E-state index in [0.717, 1.165) is 18.7 Å². The number of carbonyl (C=O) groups is 2. The maximum atomic E-state index is 12.7. The highest BCUT2D eigenvalue weighted by Crippen LogP contribution is 2.28. The van der Waals surface area contributed by atoms with Crippen LogP contribution < -0.4 is 5.32 Å². The third kappa shape index (κ3) is 3.70. The van der Waals surface area contributed by atoms with E-state index >= 15 is 0 Å². The minimum Gasteiger partial charge on any atom is -0.445 e. The van der Waals surface area contributed by atoms with Gasteiger partial charge in [-0.1, -0.05) is 18.2 Å². The first-order chi connectivity index (χ1) is 11.9. The van der Waals surface area contributed by atoms with Gasteiger partial charge in [-0.15, -0.1) is 0 Å². The van der Waals surface area contributed by atoms with Crippen molar-refractivity contribution < 1.29 is 19.1 Å². The van der Waals surface area contributed by atoms with Gasteiger partial charge in [0.1, 0.15) is 0 Å². The first kappa shape index (κ1) is 17.9. The maximum absolute atomic E-state index is 12.7. The molecule has 6 heteroatoms. The van der Waals surface area contributed by atoms with Crippen LogP contribution in [0.3, 0.4) is 0 Å². The van der Waals surface area contributed by atoms with E-state index in [1.165, 1.54) is 0 Å². The second kappa shape index (κ2) is 7.14. The molecule has 0 unspecified atom stereocenters. The molecule has 1 aromatic carbocycles. The van der Waals surface area contributed by atoms with Crippen LogP contribution in [0.5, 0.6) is 0 Å². The van der Waals surface area contributed by atoms with Crippen LogP contribution in [0.15, 0.2) is 24.3 Å². The molecule has 3 rings (SSSR count). The topological polar surface area (TPSA) is 67.9 Å². The fraction of sp³-hybridized carbons (Fsp3) is 0.579. The number of amides is 1. The number of rotatable bonds is 4. The summed E-state index contributed by atoms with van der Waals surface area (Å²) in [5, 5.41) is 2.96. The van der Waals surface area contributed by atoms with Crippen LogP contribution in [0.4, 0.5) is 0 Å². The molecular weight excluding hydrogens is 320 g/mol. The summed E-state index contributed by atoms with van der Waals surface area (Å²) < 4.78 is 10.9. The molecule has 1 amide bonds. The van der Waals surface area contributed by atoms with Crippen LogP contribution >= 0.6 is 0 Å². The molecule has 1 fully saturated rings. The number of hydrogen-bond donors (Lipinski definition) is 1. The number of nitrogens with zero attached hydrogens (tertiary/aromatic N) is 1. The Morgan fingerprint density at radius 1 is 1.44 bits per heavy atom. The fourth-order valence-electron chi connectivity index (χ4n) is 3.60. The van der Waals surface area contributed by atoms with Crippen molar-refractivity contribution in [1.29, 1.82) is 0 Å². The van der Waals surface area contributed by atoms with Gasteiger partial charge in [-0.05, 0) is 32.4 Å². The molecular formula is C19H26N2O4. The Morgan fingerprint density at radius 3 is 2.96 bits per heavy atom. The SMILES string of the molecule is C[C@H](CNC(=O)[C@]1(C)Cc2ccccc2C(=O)O1)N1CCOC[C@@H]1C. The Labute approximate surface area is 148 Å². The highest BCUT2D eigenvalue weighted by atomic mass is 16.6. The minimum absolute atomic E-state index is 0.193. The molecule has 2 aliphatic rings. The zero-order valence-electron chi connectivity index (χ0n) is 15.1. The molecule has 0 spiro atoms. The van der Waals surface area contributed by atoms with Crippen molar-refractivity contribution in [2.75, 3.05) is 26.3 Å². The molecule has 0 bridgehead atoms. The Morgan fingerprint density at radius 2 is 2.20 bits per heavy atom. The number of nitrogens with one attached hydrogen (secondary N) is 1. The largest absolute Gasteiger partial charge is 0.445 e. The van der Waals surface area contributed by atoms with E-state index in [1.54, 1.807) is 19.1 Å². The van der Waals surface area contributed by atoms with Crippen LogP contribution in [-0.2, 0) is 20.7 Å². The molecule has 136 valence electrons. The van der Waals surface area contributed by atoms with Crippen molar-refractivity contribution >= 4 is 11.9 Å². The number of ether oxygens (including phenoxy) is 2. The van der Waals surface area contributed by atoms with E-state index in [1.807, 2.05) is 12.1 Å². The molecule has 2 heterocycles. The Hall–Kier alpha value is -1.92. The summed E-state index contributed by atoms with van der Waals surface area (Å²) in [4.78, 5) is 27.2. The molecule has 0 radical (unpaired) electrons. The number of morpholine rings is 1. The number of cyclic esters (lactones) is 1. The second-order valence-electron chi connectivity index (χ2n) is 7.18. The Bertz CT molecular complexity index is 663. The normalized spacial score (nSPS) is 28.0. The summed E-state index contributed by atoms with van der Waals surface area (Å²) in [6.07, 6.45) is 0.392. The van der Waals surface area contributed by atoms with Crippen molar-refractivity contribution in [2.24, 2.45) is 0 Å².